The molecule has 0 N–H and O–H groups in total. The predicted octanol–water partition coefficient (Wildman–Crippen LogP) is 5.67. The molecule has 0 saturated carbocycles. The Kier molecular flexibility index (Phi) is 3.67. The van der Waals surface area contributed by atoms with Crippen molar-refractivity contribution >= 4 is 50.0 Å². The summed E-state index contributed by atoms with van der Waals surface area (Å²) in [5.74, 6) is 0.533. The van der Waals surface area contributed by atoms with Gasteiger partial charge in [-0.25, -0.2) is 9.97 Å². The molecule has 0 bridgehead atoms. The van der Waals surface area contributed by atoms with Gasteiger partial charge in [-0.1, -0.05) is 51.3 Å². The summed E-state index contributed by atoms with van der Waals surface area (Å²) >= 11 is 15.9. The molecular weight excluding hydrogens is 359 g/mol. The highest BCUT2D eigenvalue weighted by Crippen LogP contribution is 2.31. The van der Waals surface area contributed by atoms with Gasteiger partial charge in [0.25, 0.3) is 0 Å². The Hall–Kier alpha value is -1.16. The molecule has 5 heteroatoms. The Bertz CT molecular complexity index is 818. The Balaban J connectivity index is 2.28. The van der Waals surface area contributed by atoms with Crippen LogP contribution in [0, 0.1) is 6.92 Å². The summed E-state index contributed by atoms with van der Waals surface area (Å²) in [5, 5.41) is 1.91. The summed E-state index contributed by atoms with van der Waals surface area (Å²) in [6, 6.07) is 11.5. The standard InChI is InChI=1S/C15H9BrCl2N2/c1-8-3-2-4-12-13(8)14(18)20-15(19-12)10-6-5-9(16)7-11(10)17/h2-7H,1H3. The molecule has 0 aliphatic rings. The van der Waals surface area contributed by atoms with Crippen LogP contribution in [0.5, 0.6) is 0 Å². The fraction of sp³-hybridized carbons (Fsp3) is 0.0667. The van der Waals surface area contributed by atoms with E-state index in [4.69, 9.17) is 23.2 Å². The molecule has 0 saturated heterocycles. The van der Waals surface area contributed by atoms with Gasteiger partial charge in [0.05, 0.1) is 10.5 Å². The molecule has 100 valence electrons. The van der Waals surface area contributed by atoms with Crippen LogP contribution in [0.1, 0.15) is 5.56 Å². The van der Waals surface area contributed by atoms with Gasteiger partial charge in [-0.2, -0.15) is 0 Å². The molecule has 3 rings (SSSR count). The molecule has 3 aromatic rings. The second-order valence-corrected chi connectivity index (χ2v) is 6.11. The fourth-order valence-corrected chi connectivity index (χ4v) is 3.18. The largest absolute Gasteiger partial charge is 0.228 e. The first-order valence-corrected chi connectivity index (χ1v) is 7.49. The van der Waals surface area contributed by atoms with E-state index >= 15 is 0 Å². The van der Waals surface area contributed by atoms with E-state index in [2.05, 4.69) is 25.9 Å². The zero-order chi connectivity index (χ0) is 14.3. The first-order valence-electron chi connectivity index (χ1n) is 5.94. The quantitative estimate of drug-likeness (QED) is 0.517. The SMILES string of the molecule is Cc1cccc2nc(-c3ccc(Br)cc3Cl)nc(Cl)c12. The van der Waals surface area contributed by atoms with Crippen molar-refractivity contribution in [3.63, 3.8) is 0 Å². The van der Waals surface area contributed by atoms with Gasteiger partial charge in [0.1, 0.15) is 5.15 Å². The normalized spacial score (nSPS) is 11.0. The molecule has 0 aliphatic carbocycles. The second-order valence-electron chi connectivity index (χ2n) is 4.43. The zero-order valence-electron chi connectivity index (χ0n) is 10.5. The molecule has 0 radical (unpaired) electrons. The van der Waals surface area contributed by atoms with E-state index < -0.39 is 0 Å². The summed E-state index contributed by atoms with van der Waals surface area (Å²) in [6.07, 6.45) is 0. The minimum absolute atomic E-state index is 0.446. The molecule has 1 heterocycles. The molecular formula is C15H9BrCl2N2. The van der Waals surface area contributed by atoms with Crippen molar-refractivity contribution in [3.05, 3.63) is 56.6 Å². The van der Waals surface area contributed by atoms with Crippen LogP contribution in [-0.4, -0.2) is 9.97 Å². The number of hydrogen-bond acceptors (Lipinski definition) is 2. The first-order chi connectivity index (χ1) is 9.56. The third kappa shape index (κ3) is 2.41. The van der Waals surface area contributed by atoms with Gasteiger partial charge in [-0.15, -0.1) is 0 Å². The number of hydrogen-bond donors (Lipinski definition) is 0. The van der Waals surface area contributed by atoms with Gasteiger partial charge >= 0.3 is 0 Å². The highest BCUT2D eigenvalue weighted by molar-refractivity contribution is 9.10. The number of aryl methyl sites for hydroxylation is 1. The Morgan fingerprint density at radius 3 is 2.60 bits per heavy atom. The number of nitrogens with zero attached hydrogens (tertiary/aromatic N) is 2. The smallest absolute Gasteiger partial charge is 0.162 e. The average Bonchev–Trinajstić information content (AvgIpc) is 2.38. The number of halogens is 3. The van der Waals surface area contributed by atoms with Crippen molar-refractivity contribution in [2.45, 2.75) is 6.92 Å². The lowest BCUT2D eigenvalue weighted by atomic mass is 10.1. The van der Waals surface area contributed by atoms with Crippen LogP contribution in [0.15, 0.2) is 40.9 Å². The molecule has 0 aliphatic heterocycles. The van der Waals surface area contributed by atoms with E-state index in [1.807, 2.05) is 43.3 Å². The third-order valence-corrected chi connectivity index (χ3v) is 4.14. The second kappa shape index (κ2) is 5.32. The van der Waals surface area contributed by atoms with Gasteiger partial charge in [0.2, 0.25) is 0 Å². The summed E-state index contributed by atoms with van der Waals surface area (Å²) in [7, 11) is 0. The molecule has 1 aromatic heterocycles. The Labute approximate surface area is 134 Å². The maximum absolute atomic E-state index is 6.30. The van der Waals surface area contributed by atoms with E-state index in [9.17, 15) is 0 Å². The monoisotopic (exact) mass is 366 g/mol. The highest BCUT2D eigenvalue weighted by Gasteiger charge is 2.12. The molecule has 2 aromatic carbocycles. The lowest BCUT2D eigenvalue weighted by Crippen LogP contribution is -1.94. The van der Waals surface area contributed by atoms with Gasteiger partial charge in [0, 0.05) is 15.4 Å². The van der Waals surface area contributed by atoms with Crippen LogP contribution in [0.25, 0.3) is 22.3 Å². The summed E-state index contributed by atoms with van der Waals surface area (Å²) in [5.41, 5.74) is 2.64. The molecule has 0 fully saturated rings. The van der Waals surface area contributed by atoms with Crippen molar-refractivity contribution in [1.29, 1.82) is 0 Å². The Morgan fingerprint density at radius 1 is 1.05 bits per heavy atom. The van der Waals surface area contributed by atoms with Crippen molar-refractivity contribution in [2.75, 3.05) is 0 Å². The van der Waals surface area contributed by atoms with Gasteiger partial charge in [0.15, 0.2) is 5.82 Å². The van der Waals surface area contributed by atoms with Crippen molar-refractivity contribution < 1.29 is 0 Å². The van der Waals surface area contributed by atoms with E-state index in [-0.39, 0.29) is 0 Å². The summed E-state index contributed by atoms with van der Waals surface area (Å²) in [6.45, 7) is 1.99. The highest BCUT2D eigenvalue weighted by atomic mass is 79.9. The topological polar surface area (TPSA) is 25.8 Å². The van der Waals surface area contributed by atoms with Gasteiger partial charge < -0.3 is 0 Å². The van der Waals surface area contributed by atoms with Gasteiger partial charge in [-0.05, 0) is 36.8 Å². The number of benzene rings is 2. The van der Waals surface area contributed by atoms with E-state index in [0.29, 0.717) is 16.0 Å². The van der Waals surface area contributed by atoms with E-state index in [1.165, 1.54) is 0 Å². The predicted molar refractivity (Wildman–Crippen MR) is 87.4 cm³/mol. The maximum atomic E-state index is 6.30. The van der Waals surface area contributed by atoms with E-state index in [1.54, 1.807) is 0 Å². The lowest BCUT2D eigenvalue weighted by molar-refractivity contribution is 1.22. The molecule has 0 amide bonds. The summed E-state index contributed by atoms with van der Waals surface area (Å²) in [4.78, 5) is 8.94. The number of fused-ring (bicyclic) bond motifs is 1. The molecule has 0 spiro atoms. The summed E-state index contributed by atoms with van der Waals surface area (Å²) < 4.78 is 0.911. The molecule has 20 heavy (non-hydrogen) atoms. The fourth-order valence-electron chi connectivity index (χ4n) is 2.09. The van der Waals surface area contributed by atoms with Crippen LogP contribution in [-0.2, 0) is 0 Å². The zero-order valence-corrected chi connectivity index (χ0v) is 13.6. The van der Waals surface area contributed by atoms with E-state index in [0.717, 1.165) is 26.5 Å². The van der Waals surface area contributed by atoms with Crippen LogP contribution >= 0.6 is 39.1 Å². The maximum Gasteiger partial charge on any atom is 0.162 e. The third-order valence-electron chi connectivity index (χ3n) is 3.06. The van der Waals surface area contributed by atoms with Gasteiger partial charge in [-0.3, -0.25) is 0 Å². The Morgan fingerprint density at radius 2 is 1.85 bits per heavy atom. The van der Waals surface area contributed by atoms with Crippen molar-refractivity contribution in [3.8, 4) is 11.4 Å². The molecule has 0 unspecified atom stereocenters. The number of aromatic nitrogens is 2. The van der Waals surface area contributed by atoms with Crippen LogP contribution < -0.4 is 0 Å². The minimum Gasteiger partial charge on any atom is -0.228 e. The molecule has 2 nitrogen and oxygen atoms in total. The molecule has 0 atom stereocenters. The van der Waals surface area contributed by atoms with Crippen molar-refractivity contribution in [1.82, 2.24) is 9.97 Å². The van der Waals surface area contributed by atoms with Crippen LogP contribution in [0.3, 0.4) is 0 Å². The average molecular weight is 368 g/mol. The minimum atomic E-state index is 0.446. The number of rotatable bonds is 1. The first kappa shape index (κ1) is 13.8. The van der Waals surface area contributed by atoms with Crippen molar-refractivity contribution in [2.24, 2.45) is 0 Å². The van der Waals surface area contributed by atoms with Crippen LogP contribution in [0.2, 0.25) is 10.2 Å². The lowest BCUT2D eigenvalue weighted by Gasteiger charge is -2.08. The van der Waals surface area contributed by atoms with Crippen LogP contribution in [0.4, 0.5) is 0 Å².